The summed E-state index contributed by atoms with van der Waals surface area (Å²) in [6.07, 6.45) is -0.0844. The van der Waals surface area contributed by atoms with Crippen LogP contribution in [0.15, 0.2) is 18.2 Å². The molecule has 0 radical (unpaired) electrons. The second kappa shape index (κ2) is 6.74. The number of anilines is 1. The molecule has 0 saturated carbocycles. The zero-order valence-corrected chi connectivity index (χ0v) is 11.8. The summed E-state index contributed by atoms with van der Waals surface area (Å²) in [6, 6.07) is 4.47. The van der Waals surface area contributed by atoms with Crippen LogP contribution in [-0.2, 0) is 4.79 Å². The van der Waals surface area contributed by atoms with E-state index in [2.05, 4.69) is 5.32 Å². The lowest BCUT2D eigenvalue weighted by Gasteiger charge is -2.16. The van der Waals surface area contributed by atoms with E-state index in [1.165, 1.54) is 0 Å². The molecule has 0 saturated heterocycles. The third-order valence-electron chi connectivity index (χ3n) is 2.45. The molecule has 1 atom stereocenters. The highest BCUT2D eigenvalue weighted by atomic mass is 16.6. The highest BCUT2D eigenvalue weighted by molar-refractivity contribution is 5.75. The zero-order valence-electron chi connectivity index (χ0n) is 11.8. The fourth-order valence-corrected chi connectivity index (χ4v) is 1.79. The Hall–Kier alpha value is -2.31. The van der Waals surface area contributed by atoms with Crippen molar-refractivity contribution in [2.75, 3.05) is 5.32 Å². The van der Waals surface area contributed by atoms with Crippen molar-refractivity contribution < 1.29 is 14.5 Å². The quantitative estimate of drug-likeness (QED) is 0.587. The van der Waals surface area contributed by atoms with Crippen LogP contribution in [0.3, 0.4) is 0 Å². The molecule has 1 rings (SSSR count). The number of nitrogens with two attached hydrogens (primary N) is 1. The molecule has 0 aliphatic rings. The molecule has 1 aromatic carbocycles. The van der Waals surface area contributed by atoms with Gasteiger partial charge in [0.2, 0.25) is 5.91 Å². The molecular formula is C13H19N3O4. The number of primary amides is 1. The predicted octanol–water partition coefficient (Wildman–Crippen LogP) is 2.06. The second-order valence-electron chi connectivity index (χ2n) is 4.79. The van der Waals surface area contributed by atoms with Crippen molar-refractivity contribution in [1.29, 1.82) is 0 Å². The smallest absolute Gasteiger partial charge is 0.333 e. The lowest BCUT2D eigenvalue weighted by molar-refractivity contribution is -0.385. The second-order valence-corrected chi connectivity index (χ2v) is 4.79. The van der Waals surface area contributed by atoms with Gasteiger partial charge in [0, 0.05) is 12.5 Å². The predicted molar refractivity (Wildman–Crippen MR) is 75.8 cm³/mol. The van der Waals surface area contributed by atoms with Crippen LogP contribution in [0.2, 0.25) is 0 Å². The minimum absolute atomic E-state index is 0.0897. The topological polar surface area (TPSA) is 107 Å². The lowest BCUT2D eigenvalue weighted by Crippen LogP contribution is -2.24. The van der Waals surface area contributed by atoms with Crippen LogP contribution in [0, 0.1) is 10.1 Å². The first kappa shape index (κ1) is 15.7. The van der Waals surface area contributed by atoms with Crippen molar-refractivity contribution in [3.63, 3.8) is 0 Å². The molecule has 1 unspecified atom stereocenters. The van der Waals surface area contributed by atoms with Gasteiger partial charge in [0.05, 0.1) is 11.0 Å². The number of hydrogen-bond acceptors (Lipinski definition) is 5. The van der Waals surface area contributed by atoms with E-state index in [4.69, 9.17) is 10.5 Å². The normalized spacial score (nSPS) is 12.0. The van der Waals surface area contributed by atoms with Crippen LogP contribution >= 0.6 is 0 Å². The van der Waals surface area contributed by atoms with Gasteiger partial charge < -0.3 is 15.8 Å². The summed E-state index contributed by atoms with van der Waals surface area (Å²) in [7, 11) is 0. The number of nitro groups is 1. The Balaban J connectivity index is 3.06. The van der Waals surface area contributed by atoms with E-state index in [1.807, 2.05) is 0 Å². The van der Waals surface area contributed by atoms with Crippen LogP contribution in [0.5, 0.6) is 5.75 Å². The maximum atomic E-state index is 11.2. The Bertz CT molecular complexity index is 502. The van der Waals surface area contributed by atoms with Crippen molar-refractivity contribution in [1.82, 2.24) is 0 Å². The van der Waals surface area contributed by atoms with Gasteiger partial charge in [-0.15, -0.1) is 0 Å². The van der Waals surface area contributed by atoms with Crippen molar-refractivity contribution >= 4 is 17.3 Å². The lowest BCUT2D eigenvalue weighted by atomic mass is 10.2. The van der Waals surface area contributed by atoms with E-state index >= 15 is 0 Å². The van der Waals surface area contributed by atoms with Gasteiger partial charge in [-0.05, 0) is 32.9 Å². The summed E-state index contributed by atoms with van der Waals surface area (Å²) in [5.41, 5.74) is 5.27. The summed E-state index contributed by atoms with van der Waals surface area (Å²) < 4.78 is 5.44. The molecule has 7 heteroatoms. The molecule has 110 valence electrons. The van der Waals surface area contributed by atoms with Crippen LogP contribution in [0.25, 0.3) is 0 Å². The van der Waals surface area contributed by atoms with Gasteiger partial charge in [-0.25, -0.2) is 0 Å². The Morgan fingerprint density at radius 2 is 2.10 bits per heavy atom. The number of amides is 1. The number of hydrogen-bond donors (Lipinski definition) is 2. The summed E-state index contributed by atoms with van der Waals surface area (Å²) in [5.74, 6) is -0.275. The Morgan fingerprint density at radius 3 is 2.60 bits per heavy atom. The first-order chi connectivity index (χ1) is 9.31. The van der Waals surface area contributed by atoms with Gasteiger partial charge in [-0.3, -0.25) is 14.9 Å². The average molecular weight is 281 g/mol. The van der Waals surface area contributed by atoms with Crippen LogP contribution in [0.4, 0.5) is 11.4 Å². The SMILES string of the molecule is CC(CC(N)=O)Nc1cccc(OC(C)C)c1[N+](=O)[O-]. The zero-order chi connectivity index (χ0) is 15.3. The number of rotatable bonds is 7. The summed E-state index contributed by atoms with van der Waals surface area (Å²) in [6.45, 7) is 5.31. The van der Waals surface area contributed by atoms with Crippen molar-refractivity contribution in [3.05, 3.63) is 28.3 Å². The minimum Gasteiger partial charge on any atom is -0.484 e. The number of carbonyl (C=O) groups excluding carboxylic acids is 1. The van der Waals surface area contributed by atoms with Gasteiger partial charge in [-0.1, -0.05) is 6.07 Å². The highest BCUT2D eigenvalue weighted by Gasteiger charge is 2.23. The number of nitrogens with one attached hydrogen (secondary N) is 1. The van der Waals surface area contributed by atoms with Crippen LogP contribution in [-0.4, -0.2) is 23.0 Å². The average Bonchev–Trinajstić information content (AvgIpc) is 2.26. The molecule has 1 aromatic rings. The van der Waals surface area contributed by atoms with Crippen molar-refractivity contribution in [2.45, 2.75) is 39.3 Å². The minimum atomic E-state index is -0.503. The van der Waals surface area contributed by atoms with E-state index in [1.54, 1.807) is 39.0 Å². The summed E-state index contributed by atoms with van der Waals surface area (Å²) >= 11 is 0. The molecule has 0 bridgehead atoms. The monoisotopic (exact) mass is 281 g/mol. The first-order valence-electron chi connectivity index (χ1n) is 6.30. The van der Waals surface area contributed by atoms with Crippen LogP contribution < -0.4 is 15.8 Å². The molecular weight excluding hydrogens is 262 g/mol. The number of carbonyl (C=O) groups is 1. The van der Waals surface area contributed by atoms with E-state index < -0.39 is 10.8 Å². The Kier molecular flexibility index (Phi) is 5.31. The molecule has 0 aliphatic carbocycles. The molecule has 1 amide bonds. The van der Waals surface area contributed by atoms with Gasteiger partial charge in [0.1, 0.15) is 5.69 Å². The van der Waals surface area contributed by atoms with Crippen molar-refractivity contribution in [3.8, 4) is 5.75 Å². The first-order valence-corrected chi connectivity index (χ1v) is 6.30. The standard InChI is InChI=1S/C13H19N3O4/c1-8(2)20-11-6-4-5-10(13(11)16(18)19)15-9(3)7-12(14)17/h4-6,8-9,15H,7H2,1-3H3,(H2,14,17). The molecule has 3 N–H and O–H groups in total. The van der Waals surface area contributed by atoms with Gasteiger partial charge in [0.15, 0.2) is 5.75 Å². The number of nitro benzene ring substituents is 1. The summed E-state index contributed by atoms with van der Waals surface area (Å²) in [5, 5.41) is 14.1. The Morgan fingerprint density at radius 1 is 1.45 bits per heavy atom. The number of ether oxygens (including phenoxy) is 1. The van der Waals surface area contributed by atoms with E-state index in [-0.39, 0.29) is 30.0 Å². The maximum Gasteiger partial charge on any atom is 0.333 e. The molecule has 0 aliphatic heterocycles. The van der Waals surface area contributed by atoms with E-state index in [0.29, 0.717) is 5.69 Å². The third-order valence-corrected chi connectivity index (χ3v) is 2.45. The van der Waals surface area contributed by atoms with Gasteiger partial charge in [0.25, 0.3) is 0 Å². The number of benzene rings is 1. The Labute approximate surface area is 117 Å². The number of nitrogens with zero attached hydrogens (tertiary/aromatic N) is 1. The molecule has 20 heavy (non-hydrogen) atoms. The molecule has 0 spiro atoms. The highest BCUT2D eigenvalue weighted by Crippen LogP contribution is 2.35. The summed E-state index contributed by atoms with van der Waals surface area (Å²) in [4.78, 5) is 21.6. The van der Waals surface area contributed by atoms with Crippen molar-refractivity contribution in [2.24, 2.45) is 5.73 Å². The van der Waals surface area contributed by atoms with E-state index in [9.17, 15) is 14.9 Å². The van der Waals surface area contributed by atoms with Crippen LogP contribution in [0.1, 0.15) is 27.2 Å². The molecule has 0 aromatic heterocycles. The largest absolute Gasteiger partial charge is 0.484 e. The molecule has 7 nitrogen and oxygen atoms in total. The van der Waals surface area contributed by atoms with Gasteiger partial charge >= 0.3 is 5.69 Å². The molecule has 0 heterocycles. The van der Waals surface area contributed by atoms with E-state index in [0.717, 1.165) is 0 Å². The maximum absolute atomic E-state index is 11.2. The molecule has 0 fully saturated rings. The third kappa shape index (κ3) is 4.42. The number of para-hydroxylation sites is 1. The fourth-order valence-electron chi connectivity index (χ4n) is 1.79. The van der Waals surface area contributed by atoms with Gasteiger partial charge in [-0.2, -0.15) is 0 Å². The fraction of sp³-hybridized carbons (Fsp3) is 0.462.